The van der Waals surface area contributed by atoms with Crippen LogP contribution in [0.1, 0.15) is 24.9 Å². The van der Waals surface area contributed by atoms with Gasteiger partial charge in [-0.05, 0) is 30.7 Å². The van der Waals surface area contributed by atoms with Crippen molar-refractivity contribution in [3.8, 4) is 6.07 Å². The van der Waals surface area contributed by atoms with E-state index in [0.717, 1.165) is 38.3 Å². The first kappa shape index (κ1) is 15.6. The van der Waals surface area contributed by atoms with Crippen LogP contribution in [-0.4, -0.2) is 42.5 Å². The van der Waals surface area contributed by atoms with Crippen molar-refractivity contribution in [1.82, 2.24) is 9.80 Å². The Morgan fingerprint density at radius 2 is 1.90 bits per heavy atom. The van der Waals surface area contributed by atoms with Crippen molar-refractivity contribution in [1.29, 1.82) is 5.26 Å². The van der Waals surface area contributed by atoms with Gasteiger partial charge in [-0.1, -0.05) is 36.2 Å². The van der Waals surface area contributed by atoms with Crippen molar-refractivity contribution < 1.29 is 0 Å². The molecule has 1 heterocycles. The minimum Gasteiger partial charge on any atom is -0.301 e. The second-order valence-corrected chi connectivity index (χ2v) is 5.90. The lowest BCUT2D eigenvalue weighted by atomic mass is 10.1. The molecule has 0 radical (unpaired) electrons. The van der Waals surface area contributed by atoms with Gasteiger partial charge in [0.25, 0.3) is 0 Å². The predicted molar refractivity (Wildman–Crippen MR) is 83.1 cm³/mol. The monoisotopic (exact) mass is 311 g/mol. The van der Waals surface area contributed by atoms with E-state index in [1.165, 1.54) is 6.42 Å². The van der Waals surface area contributed by atoms with Gasteiger partial charge in [-0.25, -0.2) is 0 Å². The minimum atomic E-state index is -0.242. The van der Waals surface area contributed by atoms with E-state index in [4.69, 9.17) is 23.2 Å². The summed E-state index contributed by atoms with van der Waals surface area (Å²) in [6.45, 7) is 7.20. The minimum absolute atomic E-state index is 0.242. The van der Waals surface area contributed by atoms with Gasteiger partial charge in [0.15, 0.2) is 0 Å². The molecule has 1 unspecified atom stereocenters. The highest BCUT2D eigenvalue weighted by Gasteiger charge is 2.24. The molecule has 3 nitrogen and oxygen atoms in total. The Labute approximate surface area is 130 Å². The molecule has 0 saturated carbocycles. The number of rotatable bonds is 4. The van der Waals surface area contributed by atoms with Gasteiger partial charge >= 0.3 is 0 Å². The van der Waals surface area contributed by atoms with E-state index in [1.807, 2.05) is 6.07 Å². The van der Waals surface area contributed by atoms with E-state index in [2.05, 4.69) is 22.8 Å². The van der Waals surface area contributed by atoms with Crippen molar-refractivity contribution in [2.24, 2.45) is 0 Å². The number of nitriles is 1. The third kappa shape index (κ3) is 3.65. The summed E-state index contributed by atoms with van der Waals surface area (Å²) < 4.78 is 0. The molecule has 1 atom stereocenters. The fraction of sp³-hybridized carbons (Fsp3) is 0.533. The molecular weight excluding hydrogens is 293 g/mol. The number of piperazine rings is 1. The van der Waals surface area contributed by atoms with Crippen LogP contribution in [-0.2, 0) is 0 Å². The Kier molecular flexibility index (Phi) is 5.68. The number of halogens is 2. The average molecular weight is 312 g/mol. The molecule has 1 fully saturated rings. The molecule has 1 aromatic carbocycles. The summed E-state index contributed by atoms with van der Waals surface area (Å²) in [4.78, 5) is 4.66. The van der Waals surface area contributed by atoms with Crippen LogP contribution in [0.15, 0.2) is 18.2 Å². The van der Waals surface area contributed by atoms with Gasteiger partial charge in [0.1, 0.15) is 6.04 Å². The number of nitrogens with zero attached hydrogens (tertiary/aromatic N) is 3. The van der Waals surface area contributed by atoms with E-state index in [-0.39, 0.29) is 6.04 Å². The number of hydrogen-bond acceptors (Lipinski definition) is 3. The summed E-state index contributed by atoms with van der Waals surface area (Å²) >= 11 is 12.0. The molecule has 1 aliphatic rings. The molecule has 0 spiro atoms. The normalized spacial score (nSPS) is 18.7. The summed E-state index contributed by atoms with van der Waals surface area (Å²) in [5, 5.41) is 10.5. The lowest BCUT2D eigenvalue weighted by Gasteiger charge is -2.36. The van der Waals surface area contributed by atoms with Crippen LogP contribution in [0.4, 0.5) is 0 Å². The Hall–Kier alpha value is -0.790. The molecule has 1 aromatic rings. The average Bonchev–Trinajstić information content (AvgIpc) is 2.46. The SMILES string of the molecule is CCCN1CCN(C(C#N)c2ccc(Cl)c(Cl)c2)CC1. The zero-order chi connectivity index (χ0) is 14.5. The fourth-order valence-electron chi connectivity index (χ4n) is 2.61. The molecule has 1 aliphatic heterocycles. The van der Waals surface area contributed by atoms with Crippen molar-refractivity contribution in [3.05, 3.63) is 33.8 Å². The Balaban J connectivity index is 2.06. The van der Waals surface area contributed by atoms with Gasteiger partial charge in [0, 0.05) is 26.2 Å². The molecule has 2 rings (SSSR count). The van der Waals surface area contributed by atoms with Gasteiger partial charge in [-0.2, -0.15) is 5.26 Å². The Bertz CT molecular complexity index is 490. The van der Waals surface area contributed by atoms with Gasteiger partial charge in [-0.3, -0.25) is 4.90 Å². The van der Waals surface area contributed by atoms with Crippen molar-refractivity contribution >= 4 is 23.2 Å². The first-order valence-corrected chi connectivity index (χ1v) is 7.72. The zero-order valence-electron chi connectivity index (χ0n) is 11.6. The largest absolute Gasteiger partial charge is 0.301 e. The highest BCUT2D eigenvalue weighted by Crippen LogP contribution is 2.28. The standard InChI is InChI=1S/C15H19Cl2N3/c1-2-5-19-6-8-20(9-7-19)15(11-18)12-3-4-13(16)14(17)10-12/h3-4,10,15H,2,5-9H2,1H3. The van der Waals surface area contributed by atoms with Gasteiger partial charge in [0.05, 0.1) is 16.1 Å². The third-order valence-corrected chi connectivity index (χ3v) is 4.43. The van der Waals surface area contributed by atoms with Gasteiger partial charge in [0.2, 0.25) is 0 Å². The maximum absolute atomic E-state index is 9.48. The summed E-state index contributed by atoms with van der Waals surface area (Å²) in [5.74, 6) is 0. The van der Waals surface area contributed by atoms with E-state index in [0.29, 0.717) is 10.0 Å². The highest BCUT2D eigenvalue weighted by molar-refractivity contribution is 6.42. The molecule has 108 valence electrons. The van der Waals surface area contributed by atoms with Gasteiger partial charge < -0.3 is 4.90 Å². The summed E-state index contributed by atoms with van der Waals surface area (Å²) in [5.41, 5.74) is 0.922. The molecule has 0 aliphatic carbocycles. The maximum Gasteiger partial charge on any atom is 0.124 e. The van der Waals surface area contributed by atoms with Crippen LogP contribution in [0.5, 0.6) is 0 Å². The van der Waals surface area contributed by atoms with Crippen LogP contribution in [0.25, 0.3) is 0 Å². The summed E-state index contributed by atoms with van der Waals surface area (Å²) in [6.07, 6.45) is 1.18. The lowest BCUT2D eigenvalue weighted by Crippen LogP contribution is -2.47. The quantitative estimate of drug-likeness (QED) is 0.851. The summed E-state index contributed by atoms with van der Waals surface area (Å²) in [6, 6.07) is 7.60. The molecule has 20 heavy (non-hydrogen) atoms. The summed E-state index contributed by atoms with van der Waals surface area (Å²) in [7, 11) is 0. The van der Waals surface area contributed by atoms with Crippen molar-refractivity contribution in [2.75, 3.05) is 32.7 Å². The third-order valence-electron chi connectivity index (χ3n) is 3.69. The molecule has 5 heteroatoms. The molecule has 0 aromatic heterocycles. The molecule has 0 amide bonds. The molecule has 0 bridgehead atoms. The van der Waals surface area contributed by atoms with Crippen molar-refractivity contribution in [3.63, 3.8) is 0 Å². The first-order valence-electron chi connectivity index (χ1n) is 6.96. The van der Waals surface area contributed by atoms with Crippen LogP contribution >= 0.6 is 23.2 Å². The van der Waals surface area contributed by atoms with Crippen molar-refractivity contribution in [2.45, 2.75) is 19.4 Å². The first-order chi connectivity index (χ1) is 9.65. The number of benzene rings is 1. The second-order valence-electron chi connectivity index (χ2n) is 5.08. The molecular formula is C15H19Cl2N3. The molecule has 0 N–H and O–H groups in total. The Morgan fingerprint density at radius 1 is 1.20 bits per heavy atom. The topological polar surface area (TPSA) is 30.3 Å². The van der Waals surface area contributed by atoms with E-state index >= 15 is 0 Å². The number of hydrogen-bond donors (Lipinski definition) is 0. The zero-order valence-corrected chi connectivity index (χ0v) is 13.2. The smallest absolute Gasteiger partial charge is 0.124 e. The van der Waals surface area contributed by atoms with E-state index < -0.39 is 0 Å². The second kappa shape index (κ2) is 7.28. The highest BCUT2D eigenvalue weighted by atomic mass is 35.5. The lowest BCUT2D eigenvalue weighted by molar-refractivity contribution is 0.114. The van der Waals surface area contributed by atoms with Crippen LogP contribution in [0, 0.1) is 11.3 Å². The van der Waals surface area contributed by atoms with Crippen LogP contribution < -0.4 is 0 Å². The van der Waals surface area contributed by atoms with Gasteiger partial charge in [-0.15, -0.1) is 0 Å². The maximum atomic E-state index is 9.48. The molecule has 1 saturated heterocycles. The van der Waals surface area contributed by atoms with Crippen LogP contribution in [0.3, 0.4) is 0 Å². The van der Waals surface area contributed by atoms with E-state index in [1.54, 1.807) is 12.1 Å². The van der Waals surface area contributed by atoms with Crippen LogP contribution in [0.2, 0.25) is 10.0 Å². The fourth-order valence-corrected chi connectivity index (χ4v) is 2.92. The predicted octanol–water partition coefficient (Wildman–Crippen LogP) is 3.59. The van der Waals surface area contributed by atoms with E-state index in [9.17, 15) is 5.26 Å². The Morgan fingerprint density at radius 3 is 2.45 bits per heavy atom.